The van der Waals surface area contributed by atoms with Crippen molar-refractivity contribution in [1.29, 1.82) is 0 Å². The first-order valence-electron chi connectivity index (χ1n) is 6.35. The number of benzene rings is 1. The molecule has 98 valence electrons. The number of hydrogen-bond acceptors (Lipinski definition) is 3. The summed E-state index contributed by atoms with van der Waals surface area (Å²) < 4.78 is 0. The van der Waals surface area contributed by atoms with Gasteiger partial charge in [0.15, 0.2) is 0 Å². The van der Waals surface area contributed by atoms with Crippen molar-refractivity contribution in [3.8, 4) is 5.75 Å². The summed E-state index contributed by atoms with van der Waals surface area (Å²) in [6, 6.07) is 6.03. The van der Waals surface area contributed by atoms with Crippen molar-refractivity contribution >= 4 is 5.91 Å². The third-order valence-electron chi connectivity index (χ3n) is 3.62. The first-order chi connectivity index (χ1) is 8.50. The highest BCUT2D eigenvalue weighted by Crippen LogP contribution is 2.40. The van der Waals surface area contributed by atoms with Gasteiger partial charge in [-0.05, 0) is 43.9 Å². The van der Waals surface area contributed by atoms with Gasteiger partial charge >= 0.3 is 0 Å². The molecule has 1 unspecified atom stereocenters. The molecule has 1 amide bonds. The highest BCUT2D eigenvalue weighted by molar-refractivity contribution is 5.76. The van der Waals surface area contributed by atoms with Gasteiger partial charge in [-0.3, -0.25) is 9.69 Å². The third kappa shape index (κ3) is 2.34. The van der Waals surface area contributed by atoms with Crippen molar-refractivity contribution in [2.45, 2.75) is 38.8 Å². The van der Waals surface area contributed by atoms with Crippen LogP contribution >= 0.6 is 0 Å². The molecule has 0 aromatic heterocycles. The van der Waals surface area contributed by atoms with Crippen LogP contribution < -0.4 is 5.73 Å². The Morgan fingerprint density at radius 1 is 1.56 bits per heavy atom. The van der Waals surface area contributed by atoms with Crippen molar-refractivity contribution < 1.29 is 9.90 Å². The van der Waals surface area contributed by atoms with Crippen molar-refractivity contribution in [2.75, 3.05) is 6.54 Å². The number of primary amides is 1. The number of nitrogens with zero attached hydrogens (tertiary/aromatic N) is 1. The van der Waals surface area contributed by atoms with Crippen LogP contribution in [0, 0.1) is 0 Å². The molecule has 4 heteroatoms. The Morgan fingerprint density at radius 2 is 2.28 bits per heavy atom. The van der Waals surface area contributed by atoms with Crippen molar-refractivity contribution in [1.82, 2.24) is 4.90 Å². The van der Waals surface area contributed by atoms with E-state index in [1.54, 1.807) is 6.07 Å². The van der Waals surface area contributed by atoms with E-state index in [-0.39, 0.29) is 24.5 Å². The molecule has 1 atom stereocenters. The van der Waals surface area contributed by atoms with Gasteiger partial charge in [-0.25, -0.2) is 0 Å². The van der Waals surface area contributed by atoms with Crippen LogP contribution in [0.5, 0.6) is 5.75 Å². The van der Waals surface area contributed by atoms with Crippen molar-refractivity contribution in [3.05, 3.63) is 29.3 Å². The minimum Gasteiger partial charge on any atom is -0.508 e. The van der Waals surface area contributed by atoms with Gasteiger partial charge in [-0.2, -0.15) is 0 Å². The number of hydrogen-bond donors (Lipinski definition) is 2. The van der Waals surface area contributed by atoms with Gasteiger partial charge < -0.3 is 10.8 Å². The Hall–Kier alpha value is -1.55. The van der Waals surface area contributed by atoms with E-state index >= 15 is 0 Å². The lowest BCUT2D eigenvalue weighted by atomic mass is 10.0. The van der Waals surface area contributed by atoms with E-state index in [2.05, 4.69) is 18.7 Å². The molecule has 1 aliphatic carbocycles. The number of fused-ring (bicyclic) bond motifs is 1. The summed E-state index contributed by atoms with van der Waals surface area (Å²) in [7, 11) is 0. The van der Waals surface area contributed by atoms with Gasteiger partial charge in [0.2, 0.25) is 5.91 Å². The maximum atomic E-state index is 11.2. The lowest BCUT2D eigenvalue weighted by molar-refractivity contribution is -0.120. The van der Waals surface area contributed by atoms with E-state index in [9.17, 15) is 9.90 Å². The van der Waals surface area contributed by atoms with Crippen LogP contribution in [-0.4, -0.2) is 28.5 Å². The Bertz CT molecular complexity index is 457. The molecule has 0 radical (unpaired) electrons. The van der Waals surface area contributed by atoms with Gasteiger partial charge in [-0.15, -0.1) is 0 Å². The minimum absolute atomic E-state index is 0.180. The van der Waals surface area contributed by atoms with E-state index in [4.69, 9.17) is 5.73 Å². The van der Waals surface area contributed by atoms with Crippen LogP contribution in [0.15, 0.2) is 18.2 Å². The van der Waals surface area contributed by atoms with E-state index in [0.717, 1.165) is 24.0 Å². The van der Waals surface area contributed by atoms with Crippen LogP contribution in [0.3, 0.4) is 0 Å². The van der Waals surface area contributed by atoms with E-state index < -0.39 is 0 Å². The molecule has 0 saturated heterocycles. The molecule has 0 saturated carbocycles. The van der Waals surface area contributed by atoms with Gasteiger partial charge in [0.05, 0.1) is 6.54 Å². The Morgan fingerprint density at radius 3 is 2.89 bits per heavy atom. The maximum absolute atomic E-state index is 11.2. The molecule has 0 heterocycles. The Kier molecular flexibility index (Phi) is 3.57. The molecular weight excluding hydrogens is 228 g/mol. The first kappa shape index (κ1) is 12.9. The highest BCUT2D eigenvalue weighted by Gasteiger charge is 2.31. The highest BCUT2D eigenvalue weighted by atomic mass is 16.3. The minimum atomic E-state index is -0.308. The molecule has 1 aliphatic rings. The largest absolute Gasteiger partial charge is 0.508 e. The third-order valence-corrected chi connectivity index (χ3v) is 3.62. The molecular formula is C14H20N2O2. The summed E-state index contributed by atoms with van der Waals surface area (Å²) in [5.41, 5.74) is 7.46. The SMILES string of the molecule is CC(C)N(CC(N)=O)C1CCc2c(O)cccc21. The monoisotopic (exact) mass is 248 g/mol. The number of nitrogens with two attached hydrogens (primary N) is 1. The number of amides is 1. The molecule has 0 aliphatic heterocycles. The second kappa shape index (κ2) is 4.98. The quantitative estimate of drug-likeness (QED) is 0.850. The molecule has 0 bridgehead atoms. The number of rotatable bonds is 4. The summed E-state index contributed by atoms with van der Waals surface area (Å²) in [5, 5.41) is 9.84. The molecule has 0 spiro atoms. The zero-order chi connectivity index (χ0) is 13.3. The number of carbonyl (C=O) groups excluding carboxylic acids is 1. The lowest BCUT2D eigenvalue weighted by Gasteiger charge is -2.32. The standard InChI is InChI=1S/C14H20N2O2/c1-9(2)16(8-14(15)18)12-7-6-11-10(12)4-3-5-13(11)17/h3-5,9,12,17H,6-8H2,1-2H3,(H2,15,18). The fraction of sp³-hybridized carbons (Fsp3) is 0.500. The van der Waals surface area contributed by atoms with Gasteiger partial charge in [0.1, 0.15) is 5.75 Å². The normalized spacial score (nSPS) is 18.3. The summed E-state index contributed by atoms with van der Waals surface area (Å²) in [6.07, 6.45) is 1.78. The average molecular weight is 248 g/mol. The molecule has 3 N–H and O–H groups in total. The van der Waals surface area contributed by atoms with Gasteiger partial charge in [-0.1, -0.05) is 12.1 Å². The number of carbonyl (C=O) groups is 1. The molecule has 2 rings (SSSR count). The van der Waals surface area contributed by atoms with Crippen LogP contribution in [-0.2, 0) is 11.2 Å². The van der Waals surface area contributed by atoms with E-state index in [1.807, 2.05) is 12.1 Å². The zero-order valence-electron chi connectivity index (χ0n) is 10.9. The molecule has 1 aromatic rings. The average Bonchev–Trinajstić information content (AvgIpc) is 2.70. The lowest BCUT2D eigenvalue weighted by Crippen LogP contribution is -2.40. The van der Waals surface area contributed by atoms with E-state index in [1.165, 1.54) is 0 Å². The Labute approximate surface area is 107 Å². The second-order valence-electron chi connectivity index (χ2n) is 5.13. The smallest absolute Gasteiger partial charge is 0.231 e. The summed E-state index contributed by atoms with van der Waals surface area (Å²) in [5.74, 6) is 0.0510. The number of aromatic hydroxyl groups is 1. The van der Waals surface area contributed by atoms with Crippen LogP contribution in [0.2, 0.25) is 0 Å². The fourth-order valence-corrected chi connectivity index (χ4v) is 2.79. The second-order valence-corrected chi connectivity index (χ2v) is 5.13. The molecule has 0 fully saturated rings. The molecule has 4 nitrogen and oxygen atoms in total. The first-order valence-corrected chi connectivity index (χ1v) is 6.35. The topological polar surface area (TPSA) is 66.6 Å². The predicted octanol–water partition coefficient (Wildman–Crippen LogP) is 1.58. The predicted molar refractivity (Wildman–Crippen MR) is 70.2 cm³/mol. The van der Waals surface area contributed by atoms with Crippen molar-refractivity contribution in [2.24, 2.45) is 5.73 Å². The van der Waals surface area contributed by atoms with Crippen LogP contribution in [0.25, 0.3) is 0 Å². The van der Waals surface area contributed by atoms with Gasteiger partial charge in [0, 0.05) is 12.1 Å². The fourth-order valence-electron chi connectivity index (χ4n) is 2.79. The molecule has 18 heavy (non-hydrogen) atoms. The maximum Gasteiger partial charge on any atom is 0.231 e. The summed E-state index contributed by atoms with van der Waals surface area (Å²) in [4.78, 5) is 13.3. The van der Waals surface area contributed by atoms with Crippen LogP contribution in [0.4, 0.5) is 0 Å². The Balaban J connectivity index is 2.30. The summed E-state index contributed by atoms with van der Waals surface area (Å²) >= 11 is 0. The number of phenolic OH excluding ortho intramolecular Hbond substituents is 1. The van der Waals surface area contributed by atoms with Crippen molar-refractivity contribution in [3.63, 3.8) is 0 Å². The van der Waals surface area contributed by atoms with Gasteiger partial charge in [0.25, 0.3) is 0 Å². The molecule has 1 aromatic carbocycles. The van der Waals surface area contributed by atoms with E-state index in [0.29, 0.717) is 5.75 Å². The summed E-state index contributed by atoms with van der Waals surface area (Å²) in [6.45, 7) is 4.38. The number of phenols is 1. The zero-order valence-corrected chi connectivity index (χ0v) is 10.9. The van der Waals surface area contributed by atoms with Crippen LogP contribution in [0.1, 0.15) is 37.4 Å².